The molecule has 110 valence electrons. The fourth-order valence-corrected chi connectivity index (χ4v) is 6.33. The van der Waals surface area contributed by atoms with Crippen molar-refractivity contribution in [2.24, 2.45) is 5.92 Å². The van der Waals surface area contributed by atoms with Gasteiger partial charge in [0.1, 0.15) is 0 Å². The zero-order valence-corrected chi connectivity index (χ0v) is 12.4. The van der Waals surface area contributed by atoms with Crippen LogP contribution in [0.2, 0.25) is 0 Å². The highest BCUT2D eigenvalue weighted by molar-refractivity contribution is 7.89. The first-order valence-corrected chi connectivity index (χ1v) is 8.65. The molecule has 0 aromatic carbocycles. The molecule has 2 fully saturated rings. The minimum Gasteiger partial charge on any atom is -0.481 e. The van der Waals surface area contributed by atoms with Gasteiger partial charge in [-0.1, -0.05) is 13.3 Å². The van der Waals surface area contributed by atoms with E-state index in [0.29, 0.717) is 19.3 Å². The molecule has 0 bridgehead atoms. The van der Waals surface area contributed by atoms with Crippen molar-refractivity contribution >= 4 is 16.0 Å². The van der Waals surface area contributed by atoms with Gasteiger partial charge in [-0.3, -0.25) is 4.79 Å². The molecule has 0 aromatic heterocycles. The predicted octanol–water partition coefficient (Wildman–Crippen LogP) is 1.83. The van der Waals surface area contributed by atoms with Crippen LogP contribution in [-0.2, 0) is 14.8 Å². The van der Waals surface area contributed by atoms with Crippen molar-refractivity contribution in [3.8, 4) is 0 Å². The van der Waals surface area contributed by atoms with Crippen LogP contribution in [0.15, 0.2) is 0 Å². The Labute approximate surface area is 115 Å². The number of nitrogens with zero attached hydrogens (tertiary/aromatic N) is 1. The maximum absolute atomic E-state index is 12.8. The molecule has 1 saturated heterocycles. The summed E-state index contributed by atoms with van der Waals surface area (Å²) in [6.45, 7) is 3.92. The maximum atomic E-state index is 12.8. The largest absolute Gasteiger partial charge is 0.481 e. The molecule has 2 rings (SSSR count). The minimum atomic E-state index is -3.49. The van der Waals surface area contributed by atoms with Gasteiger partial charge < -0.3 is 5.11 Å². The number of rotatable bonds is 4. The topological polar surface area (TPSA) is 74.7 Å². The molecule has 1 saturated carbocycles. The third kappa shape index (κ3) is 2.52. The molecule has 0 radical (unpaired) electrons. The second kappa shape index (κ2) is 5.40. The lowest BCUT2D eigenvalue weighted by atomic mass is 10.1. The van der Waals surface area contributed by atoms with Crippen LogP contribution in [0.3, 0.4) is 0 Å². The highest BCUT2D eigenvalue weighted by atomic mass is 32.2. The molecule has 0 amide bonds. The van der Waals surface area contributed by atoms with E-state index in [1.165, 1.54) is 0 Å². The van der Waals surface area contributed by atoms with Crippen LogP contribution in [0.5, 0.6) is 0 Å². The summed E-state index contributed by atoms with van der Waals surface area (Å²) in [6, 6.07) is 0.0556. The first kappa shape index (κ1) is 14.8. The molecule has 1 aliphatic heterocycles. The zero-order valence-electron chi connectivity index (χ0n) is 11.6. The van der Waals surface area contributed by atoms with Crippen molar-refractivity contribution in [1.29, 1.82) is 0 Å². The van der Waals surface area contributed by atoms with Gasteiger partial charge in [0.2, 0.25) is 10.0 Å². The van der Waals surface area contributed by atoms with E-state index < -0.39 is 27.2 Å². The van der Waals surface area contributed by atoms with Gasteiger partial charge >= 0.3 is 5.97 Å². The number of carbonyl (C=O) groups is 1. The second-order valence-corrected chi connectivity index (χ2v) is 7.83. The molecule has 2 aliphatic rings. The van der Waals surface area contributed by atoms with Crippen LogP contribution >= 0.6 is 0 Å². The first-order chi connectivity index (χ1) is 8.89. The van der Waals surface area contributed by atoms with Crippen LogP contribution < -0.4 is 0 Å². The highest BCUT2D eigenvalue weighted by Gasteiger charge is 2.48. The van der Waals surface area contributed by atoms with Crippen LogP contribution in [0.1, 0.15) is 52.4 Å². The average Bonchev–Trinajstić information content (AvgIpc) is 2.94. The van der Waals surface area contributed by atoms with E-state index >= 15 is 0 Å². The van der Waals surface area contributed by atoms with Crippen molar-refractivity contribution in [2.45, 2.75) is 69.7 Å². The van der Waals surface area contributed by atoms with Gasteiger partial charge in [-0.15, -0.1) is 0 Å². The van der Waals surface area contributed by atoms with Gasteiger partial charge in [-0.05, 0) is 39.0 Å². The van der Waals surface area contributed by atoms with Crippen LogP contribution in [0.25, 0.3) is 0 Å². The molecule has 5 nitrogen and oxygen atoms in total. The summed E-state index contributed by atoms with van der Waals surface area (Å²) in [4.78, 5) is 11.2. The van der Waals surface area contributed by atoms with Gasteiger partial charge in [0.05, 0.1) is 11.2 Å². The molecule has 6 heteroatoms. The first-order valence-electron chi connectivity index (χ1n) is 7.14. The average molecular weight is 289 g/mol. The quantitative estimate of drug-likeness (QED) is 0.857. The summed E-state index contributed by atoms with van der Waals surface area (Å²) < 4.78 is 27.2. The summed E-state index contributed by atoms with van der Waals surface area (Å²) in [7, 11) is -3.49. The highest BCUT2D eigenvalue weighted by Crippen LogP contribution is 2.38. The molecule has 1 aliphatic carbocycles. The number of sulfonamides is 1. The lowest BCUT2D eigenvalue weighted by Gasteiger charge is -2.31. The SMILES string of the molecule is CCC1CCC(C)N1S(=O)(=O)C1CCCC1C(=O)O. The molecule has 1 N–H and O–H groups in total. The Morgan fingerprint density at radius 2 is 1.95 bits per heavy atom. The Hall–Kier alpha value is -0.620. The Kier molecular flexibility index (Phi) is 4.20. The van der Waals surface area contributed by atoms with Gasteiger partial charge in [-0.25, -0.2) is 8.42 Å². The predicted molar refractivity (Wildman–Crippen MR) is 72.3 cm³/mol. The molecule has 19 heavy (non-hydrogen) atoms. The third-order valence-corrected chi connectivity index (χ3v) is 7.20. The third-order valence-electron chi connectivity index (χ3n) is 4.63. The standard InChI is InChI=1S/C13H23NO4S/c1-3-10-8-7-9(2)14(10)19(17,18)12-6-4-5-11(12)13(15)16/h9-12H,3-8H2,1-2H3,(H,15,16). The maximum Gasteiger partial charge on any atom is 0.307 e. The molecule has 4 atom stereocenters. The summed E-state index contributed by atoms with van der Waals surface area (Å²) in [5, 5.41) is 8.47. The minimum absolute atomic E-state index is 0.00462. The molecule has 4 unspecified atom stereocenters. The Morgan fingerprint density at radius 1 is 1.26 bits per heavy atom. The second-order valence-electron chi connectivity index (χ2n) is 5.78. The van der Waals surface area contributed by atoms with E-state index in [1.807, 2.05) is 13.8 Å². The number of aliphatic carboxylic acids is 1. The van der Waals surface area contributed by atoms with E-state index in [0.717, 1.165) is 19.3 Å². The Morgan fingerprint density at radius 3 is 2.53 bits per heavy atom. The number of hydrogen-bond acceptors (Lipinski definition) is 3. The molecular formula is C13H23NO4S. The van der Waals surface area contributed by atoms with Crippen molar-refractivity contribution < 1.29 is 18.3 Å². The van der Waals surface area contributed by atoms with E-state index in [-0.39, 0.29) is 12.1 Å². The fourth-order valence-electron chi connectivity index (χ4n) is 3.61. The van der Waals surface area contributed by atoms with E-state index in [4.69, 9.17) is 0 Å². The monoisotopic (exact) mass is 289 g/mol. The van der Waals surface area contributed by atoms with Crippen LogP contribution in [-0.4, -0.2) is 41.1 Å². The Bertz CT molecular complexity index is 448. The van der Waals surface area contributed by atoms with Crippen LogP contribution in [0, 0.1) is 5.92 Å². The van der Waals surface area contributed by atoms with Crippen molar-refractivity contribution in [1.82, 2.24) is 4.31 Å². The van der Waals surface area contributed by atoms with Crippen LogP contribution in [0.4, 0.5) is 0 Å². The molecule has 0 spiro atoms. The number of carboxylic acid groups (broad SMARTS) is 1. The van der Waals surface area contributed by atoms with E-state index in [1.54, 1.807) is 4.31 Å². The van der Waals surface area contributed by atoms with Crippen molar-refractivity contribution in [2.75, 3.05) is 0 Å². The molecule has 1 heterocycles. The smallest absolute Gasteiger partial charge is 0.307 e. The van der Waals surface area contributed by atoms with Crippen molar-refractivity contribution in [3.05, 3.63) is 0 Å². The lowest BCUT2D eigenvalue weighted by molar-refractivity contribution is -0.141. The number of carboxylic acids is 1. The van der Waals surface area contributed by atoms with Gasteiger partial charge in [0, 0.05) is 12.1 Å². The fraction of sp³-hybridized carbons (Fsp3) is 0.923. The molecule has 0 aromatic rings. The van der Waals surface area contributed by atoms with Crippen molar-refractivity contribution in [3.63, 3.8) is 0 Å². The summed E-state index contributed by atoms with van der Waals surface area (Å²) in [5.74, 6) is -1.69. The normalized spacial score (nSPS) is 36.7. The number of hydrogen-bond donors (Lipinski definition) is 1. The summed E-state index contributed by atoms with van der Waals surface area (Å²) in [6.07, 6.45) is 4.23. The van der Waals surface area contributed by atoms with E-state index in [9.17, 15) is 18.3 Å². The van der Waals surface area contributed by atoms with E-state index in [2.05, 4.69) is 0 Å². The summed E-state index contributed by atoms with van der Waals surface area (Å²) >= 11 is 0. The van der Waals surface area contributed by atoms with Gasteiger partial charge in [0.25, 0.3) is 0 Å². The molecular weight excluding hydrogens is 266 g/mol. The zero-order chi connectivity index (χ0) is 14.2. The summed E-state index contributed by atoms with van der Waals surface area (Å²) in [5.41, 5.74) is 0. The van der Waals surface area contributed by atoms with Gasteiger partial charge in [0.15, 0.2) is 0 Å². The lowest BCUT2D eigenvalue weighted by Crippen LogP contribution is -2.47. The Balaban J connectivity index is 2.28. The van der Waals surface area contributed by atoms with Gasteiger partial charge in [-0.2, -0.15) is 4.31 Å².